The Labute approximate surface area is 126 Å². The molecule has 1 aromatic rings. The van der Waals surface area contributed by atoms with Crippen LogP contribution in [0, 0.1) is 5.92 Å². The minimum Gasteiger partial charge on any atom is -0.444 e. The van der Waals surface area contributed by atoms with Crippen molar-refractivity contribution >= 4 is 6.09 Å². The number of ether oxygens (including phenoxy) is 2. The Morgan fingerprint density at radius 2 is 2.29 bits per heavy atom. The third-order valence-corrected chi connectivity index (χ3v) is 3.28. The zero-order valence-corrected chi connectivity index (χ0v) is 13.0. The van der Waals surface area contributed by atoms with E-state index < -0.39 is 5.60 Å². The normalized spacial score (nSPS) is 18.8. The van der Waals surface area contributed by atoms with Crippen LogP contribution in [0.3, 0.4) is 0 Å². The average molecular weight is 292 g/mol. The maximum Gasteiger partial charge on any atom is 0.410 e. The summed E-state index contributed by atoms with van der Waals surface area (Å²) in [7, 11) is 0. The largest absolute Gasteiger partial charge is 0.444 e. The van der Waals surface area contributed by atoms with E-state index in [9.17, 15) is 4.79 Å². The second kappa shape index (κ2) is 6.89. The lowest BCUT2D eigenvalue weighted by Gasteiger charge is -2.24. The summed E-state index contributed by atoms with van der Waals surface area (Å²) in [5.74, 6) is 0.384. The molecular formula is C16H24N2O3. The zero-order valence-electron chi connectivity index (χ0n) is 13.0. The molecule has 1 aromatic heterocycles. The Bertz CT molecular complexity index is 456. The van der Waals surface area contributed by atoms with Gasteiger partial charge in [-0.15, -0.1) is 0 Å². The van der Waals surface area contributed by atoms with Gasteiger partial charge in [-0.2, -0.15) is 0 Å². The van der Waals surface area contributed by atoms with Gasteiger partial charge < -0.3 is 14.4 Å². The van der Waals surface area contributed by atoms with E-state index in [0.29, 0.717) is 25.7 Å². The number of carbonyl (C=O) groups excluding carboxylic acids is 1. The summed E-state index contributed by atoms with van der Waals surface area (Å²) in [6.07, 6.45) is 4.30. The van der Waals surface area contributed by atoms with Crippen LogP contribution in [-0.4, -0.2) is 41.3 Å². The zero-order chi connectivity index (χ0) is 15.3. The number of hydrogen-bond acceptors (Lipinski definition) is 4. The molecule has 2 heterocycles. The van der Waals surface area contributed by atoms with E-state index in [1.165, 1.54) is 0 Å². The van der Waals surface area contributed by atoms with Gasteiger partial charge in [0.1, 0.15) is 5.60 Å². The van der Waals surface area contributed by atoms with Gasteiger partial charge in [-0.25, -0.2) is 4.79 Å². The lowest BCUT2D eigenvalue weighted by Crippen LogP contribution is -2.35. The predicted molar refractivity (Wildman–Crippen MR) is 79.8 cm³/mol. The summed E-state index contributed by atoms with van der Waals surface area (Å²) in [4.78, 5) is 17.8. The van der Waals surface area contributed by atoms with Crippen LogP contribution >= 0.6 is 0 Å². The van der Waals surface area contributed by atoms with Gasteiger partial charge in [0, 0.05) is 31.4 Å². The SMILES string of the molecule is CC(C)(C)OC(=O)N1CC[C@H](COCc2cccnc2)C1. The third kappa shape index (κ3) is 5.34. The molecule has 1 aliphatic rings. The number of hydrogen-bond donors (Lipinski definition) is 0. The fourth-order valence-corrected chi connectivity index (χ4v) is 2.29. The molecule has 1 fully saturated rings. The van der Waals surface area contributed by atoms with Gasteiger partial charge in [0.2, 0.25) is 0 Å². The van der Waals surface area contributed by atoms with E-state index in [-0.39, 0.29) is 6.09 Å². The van der Waals surface area contributed by atoms with Crippen LogP contribution in [0.5, 0.6) is 0 Å². The molecule has 0 saturated carbocycles. The summed E-state index contributed by atoms with van der Waals surface area (Å²) < 4.78 is 11.1. The molecule has 0 radical (unpaired) electrons. The van der Waals surface area contributed by atoms with Crippen LogP contribution in [0.2, 0.25) is 0 Å². The third-order valence-electron chi connectivity index (χ3n) is 3.28. The number of amides is 1. The first kappa shape index (κ1) is 15.8. The predicted octanol–water partition coefficient (Wildman–Crippen LogP) is 2.86. The molecule has 0 aliphatic carbocycles. The minimum atomic E-state index is -0.439. The molecule has 5 heteroatoms. The Hall–Kier alpha value is -1.62. The molecule has 21 heavy (non-hydrogen) atoms. The maximum absolute atomic E-state index is 12.0. The Morgan fingerprint density at radius 3 is 2.95 bits per heavy atom. The standard InChI is InChI=1S/C16H24N2O3/c1-16(2,3)21-15(19)18-8-6-14(10-18)12-20-11-13-5-4-7-17-9-13/h4-5,7,9,14H,6,8,10-12H2,1-3H3/t14-/m0/s1. The minimum absolute atomic E-state index is 0.225. The van der Waals surface area contributed by atoms with E-state index in [1.807, 2.05) is 39.1 Å². The molecule has 0 bridgehead atoms. The van der Waals surface area contributed by atoms with Crippen LogP contribution in [0.25, 0.3) is 0 Å². The summed E-state index contributed by atoms with van der Waals surface area (Å²) in [5.41, 5.74) is 0.630. The van der Waals surface area contributed by atoms with Crippen molar-refractivity contribution in [2.45, 2.75) is 39.4 Å². The van der Waals surface area contributed by atoms with E-state index in [1.54, 1.807) is 11.1 Å². The van der Waals surface area contributed by atoms with Crippen LogP contribution in [0.15, 0.2) is 24.5 Å². The van der Waals surface area contributed by atoms with Gasteiger partial charge in [-0.05, 0) is 38.8 Å². The monoisotopic (exact) mass is 292 g/mol. The quantitative estimate of drug-likeness (QED) is 0.856. The van der Waals surface area contributed by atoms with Gasteiger partial charge in [0.25, 0.3) is 0 Å². The molecule has 0 spiro atoms. The number of nitrogens with zero attached hydrogens (tertiary/aromatic N) is 2. The fourth-order valence-electron chi connectivity index (χ4n) is 2.29. The molecule has 0 N–H and O–H groups in total. The fraction of sp³-hybridized carbons (Fsp3) is 0.625. The number of carbonyl (C=O) groups is 1. The van der Waals surface area contributed by atoms with Gasteiger partial charge in [-0.1, -0.05) is 6.07 Å². The number of pyridine rings is 1. The van der Waals surface area contributed by atoms with E-state index in [2.05, 4.69) is 4.98 Å². The van der Waals surface area contributed by atoms with Gasteiger partial charge in [-0.3, -0.25) is 4.98 Å². The van der Waals surface area contributed by atoms with Gasteiger partial charge in [0.05, 0.1) is 13.2 Å². The van der Waals surface area contributed by atoms with Crippen molar-refractivity contribution in [2.24, 2.45) is 5.92 Å². The highest BCUT2D eigenvalue weighted by Crippen LogP contribution is 2.20. The van der Waals surface area contributed by atoms with E-state index in [0.717, 1.165) is 18.5 Å². The highest BCUT2D eigenvalue weighted by atomic mass is 16.6. The van der Waals surface area contributed by atoms with Crippen molar-refractivity contribution in [2.75, 3.05) is 19.7 Å². The van der Waals surface area contributed by atoms with Crippen molar-refractivity contribution in [3.63, 3.8) is 0 Å². The van der Waals surface area contributed by atoms with Crippen LogP contribution in [0.1, 0.15) is 32.8 Å². The van der Waals surface area contributed by atoms with Gasteiger partial charge in [0.15, 0.2) is 0 Å². The molecule has 2 rings (SSSR count). The van der Waals surface area contributed by atoms with Crippen molar-refractivity contribution in [1.29, 1.82) is 0 Å². The molecule has 1 aliphatic heterocycles. The highest BCUT2D eigenvalue weighted by Gasteiger charge is 2.29. The first-order valence-corrected chi connectivity index (χ1v) is 7.38. The highest BCUT2D eigenvalue weighted by molar-refractivity contribution is 5.68. The molecular weight excluding hydrogens is 268 g/mol. The second-order valence-corrected chi connectivity index (χ2v) is 6.46. The molecule has 116 valence electrons. The Balaban J connectivity index is 1.69. The molecule has 1 saturated heterocycles. The van der Waals surface area contributed by atoms with Crippen LogP contribution in [-0.2, 0) is 16.1 Å². The Morgan fingerprint density at radius 1 is 1.48 bits per heavy atom. The first-order chi connectivity index (χ1) is 9.94. The Kier molecular flexibility index (Phi) is 5.17. The van der Waals surface area contributed by atoms with Gasteiger partial charge >= 0.3 is 6.09 Å². The lowest BCUT2D eigenvalue weighted by atomic mass is 10.1. The summed E-state index contributed by atoms with van der Waals surface area (Å²) in [6, 6.07) is 3.90. The number of rotatable bonds is 4. The van der Waals surface area contributed by atoms with Crippen molar-refractivity contribution in [1.82, 2.24) is 9.88 Å². The first-order valence-electron chi connectivity index (χ1n) is 7.38. The van der Waals surface area contributed by atoms with Crippen molar-refractivity contribution in [3.05, 3.63) is 30.1 Å². The number of likely N-dealkylation sites (tertiary alicyclic amines) is 1. The van der Waals surface area contributed by atoms with Crippen LogP contribution in [0.4, 0.5) is 4.79 Å². The maximum atomic E-state index is 12.0. The molecule has 5 nitrogen and oxygen atoms in total. The average Bonchev–Trinajstić information content (AvgIpc) is 2.87. The van der Waals surface area contributed by atoms with E-state index in [4.69, 9.17) is 9.47 Å². The summed E-state index contributed by atoms with van der Waals surface area (Å²) in [5, 5.41) is 0. The topological polar surface area (TPSA) is 51.7 Å². The van der Waals surface area contributed by atoms with Crippen molar-refractivity contribution in [3.8, 4) is 0 Å². The van der Waals surface area contributed by atoms with Crippen molar-refractivity contribution < 1.29 is 14.3 Å². The lowest BCUT2D eigenvalue weighted by molar-refractivity contribution is 0.0271. The smallest absolute Gasteiger partial charge is 0.410 e. The summed E-state index contributed by atoms with van der Waals surface area (Å²) >= 11 is 0. The molecule has 1 amide bonds. The molecule has 0 aromatic carbocycles. The number of aromatic nitrogens is 1. The van der Waals surface area contributed by atoms with Crippen LogP contribution < -0.4 is 0 Å². The molecule has 0 unspecified atom stereocenters. The van der Waals surface area contributed by atoms with E-state index >= 15 is 0 Å². The molecule has 1 atom stereocenters. The summed E-state index contributed by atoms with van der Waals surface area (Å²) in [6.45, 7) is 8.34. The second-order valence-electron chi connectivity index (χ2n) is 6.46.